The van der Waals surface area contributed by atoms with E-state index in [1.165, 1.54) is 27.8 Å². The van der Waals surface area contributed by atoms with E-state index in [2.05, 4.69) is 46.5 Å². The largest absolute Gasteiger partial charge is 0.366 e. The van der Waals surface area contributed by atoms with Crippen molar-refractivity contribution in [2.24, 2.45) is 0 Å². The van der Waals surface area contributed by atoms with Gasteiger partial charge in [-0.1, -0.05) is 11.8 Å². The predicted octanol–water partition coefficient (Wildman–Crippen LogP) is 4.01. The van der Waals surface area contributed by atoms with Crippen molar-refractivity contribution in [2.45, 2.75) is 54.1 Å². The summed E-state index contributed by atoms with van der Waals surface area (Å²) in [4.78, 5) is 0. The molecule has 0 saturated heterocycles. The molecule has 0 N–H and O–H groups in total. The van der Waals surface area contributed by atoms with Crippen LogP contribution in [0.25, 0.3) is 0 Å². The van der Waals surface area contributed by atoms with Crippen molar-refractivity contribution in [3.8, 4) is 11.8 Å². The molecular formula is C17H24O. The van der Waals surface area contributed by atoms with Gasteiger partial charge in [-0.3, -0.25) is 0 Å². The second-order valence-electron chi connectivity index (χ2n) is 5.46. The van der Waals surface area contributed by atoms with Gasteiger partial charge in [-0.15, -0.1) is 0 Å². The van der Waals surface area contributed by atoms with Gasteiger partial charge in [0.2, 0.25) is 0 Å². The Balaban J connectivity index is 3.44. The number of methoxy groups -OCH3 is 1. The Labute approximate surface area is 112 Å². The zero-order valence-corrected chi connectivity index (χ0v) is 12.9. The van der Waals surface area contributed by atoms with E-state index < -0.39 is 5.60 Å². The SMILES string of the molecule is COC(C)(C)C#Cc1c(C)c(C)c(C)c(C)c1C. The lowest BCUT2D eigenvalue weighted by Crippen LogP contribution is -2.19. The van der Waals surface area contributed by atoms with Crippen molar-refractivity contribution in [1.29, 1.82) is 0 Å². The summed E-state index contributed by atoms with van der Waals surface area (Å²) in [7, 11) is 1.69. The number of hydrogen-bond donors (Lipinski definition) is 0. The highest BCUT2D eigenvalue weighted by atomic mass is 16.5. The quantitative estimate of drug-likeness (QED) is 0.678. The highest BCUT2D eigenvalue weighted by Gasteiger charge is 2.13. The molecule has 18 heavy (non-hydrogen) atoms. The van der Waals surface area contributed by atoms with Crippen LogP contribution in [0.5, 0.6) is 0 Å². The van der Waals surface area contributed by atoms with Crippen LogP contribution >= 0.6 is 0 Å². The van der Waals surface area contributed by atoms with Crippen LogP contribution in [-0.2, 0) is 4.74 Å². The summed E-state index contributed by atoms with van der Waals surface area (Å²) in [6, 6.07) is 0. The van der Waals surface area contributed by atoms with Gasteiger partial charge in [0.15, 0.2) is 0 Å². The zero-order valence-electron chi connectivity index (χ0n) is 12.9. The lowest BCUT2D eigenvalue weighted by atomic mass is 9.89. The third-order valence-corrected chi connectivity index (χ3v) is 4.00. The first kappa shape index (κ1) is 14.8. The van der Waals surface area contributed by atoms with Gasteiger partial charge in [0.1, 0.15) is 5.60 Å². The lowest BCUT2D eigenvalue weighted by Gasteiger charge is -2.17. The normalized spacial score (nSPS) is 11.1. The van der Waals surface area contributed by atoms with Crippen molar-refractivity contribution in [2.75, 3.05) is 7.11 Å². The fourth-order valence-corrected chi connectivity index (χ4v) is 1.95. The van der Waals surface area contributed by atoms with Gasteiger partial charge in [0, 0.05) is 12.7 Å². The maximum Gasteiger partial charge on any atom is 0.123 e. The maximum absolute atomic E-state index is 5.35. The van der Waals surface area contributed by atoms with Crippen LogP contribution in [0.1, 0.15) is 47.2 Å². The summed E-state index contributed by atoms with van der Waals surface area (Å²) < 4.78 is 5.35. The predicted molar refractivity (Wildman–Crippen MR) is 78.1 cm³/mol. The van der Waals surface area contributed by atoms with E-state index in [0.717, 1.165) is 5.56 Å². The molecular weight excluding hydrogens is 220 g/mol. The van der Waals surface area contributed by atoms with E-state index >= 15 is 0 Å². The van der Waals surface area contributed by atoms with Crippen LogP contribution in [0, 0.1) is 46.5 Å². The molecule has 0 radical (unpaired) electrons. The topological polar surface area (TPSA) is 9.23 Å². The summed E-state index contributed by atoms with van der Waals surface area (Å²) in [6.07, 6.45) is 0. The van der Waals surface area contributed by atoms with Crippen LogP contribution in [0.2, 0.25) is 0 Å². The molecule has 1 aromatic carbocycles. The molecule has 98 valence electrons. The first-order valence-corrected chi connectivity index (χ1v) is 6.36. The first-order valence-electron chi connectivity index (χ1n) is 6.36. The molecule has 0 spiro atoms. The Morgan fingerprint density at radius 1 is 0.778 bits per heavy atom. The van der Waals surface area contributed by atoms with Gasteiger partial charge in [0.05, 0.1) is 0 Å². The van der Waals surface area contributed by atoms with E-state index in [1.807, 2.05) is 13.8 Å². The number of hydrogen-bond acceptors (Lipinski definition) is 1. The molecule has 1 nitrogen and oxygen atoms in total. The second kappa shape index (κ2) is 5.16. The Morgan fingerprint density at radius 3 is 1.56 bits per heavy atom. The average molecular weight is 244 g/mol. The van der Waals surface area contributed by atoms with Gasteiger partial charge >= 0.3 is 0 Å². The molecule has 0 atom stereocenters. The lowest BCUT2D eigenvalue weighted by molar-refractivity contribution is 0.0742. The molecule has 0 heterocycles. The summed E-state index contributed by atoms with van der Waals surface area (Å²) in [5.41, 5.74) is 7.40. The summed E-state index contributed by atoms with van der Waals surface area (Å²) >= 11 is 0. The minimum absolute atomic E-state index is 0.397. The minimum Gasteiger partial charge on any atom is -0.366 e. The standard InChI is InChI=1S/C17H24O/c1-11-12(2)14(4)16(15(5)13(11)3)9-10-17(6,7)18-8/h1-8H3. The number of benzene rings is 1. The molecule has 0 aromatic heterocycles. The molecule has 0 aliphatic rings. The molecule has 0 aliphatic heterocycles. The van der Waals surface area contributed by atoms with Gasteiger partial charge in [0.25, 0.3) is 0 Å². The maximum atomic E-state index is 5.35. The van der Waals surface area contributed by atoms with Gasteiger partial charge in [-0.2, -0.15) is 0 Å². The number of rotatable bonds is 1. The van der Waals surface area contributed by atoms with Gasteiger partial charge < -0.3 is 4.74 Å². The average Bonchev–Trinajstić information content (AvgIpc) is 2.34. The summed E-state index contributed by atoms with van der Waals surface area (Å²) in [6.45, 7) is 14.8. The zero-order chi connectivity index (χ0) is 14.1. The van der Waals surface area contributed by atoms with Crippen LogP contribution in [0.4, 0.5) is 0 Å². The van der Waals surface area contributed by atoms with E-state index in [-0.39, 0.29) is 0 Å². The molecule has 1 rings (SSSR count). The third kappa shape index (κ3) is 2.76. The van der Waals surface area contributed by atoms with E-state index in [0.29, 0.717) is 0 Å². The Hall–Kier alpha value is -1.26. The molecule has 0 aliphatic carbocycles. The van der Waals surface area contributed by atoms with E-state index in [9.17, 15) is 0 Å². The van der Waals surface area contributed by atoms with Crippen molar-refractivity contribution in [3.05, 3.63) is 33.4 Å². The number of ether oxygens (including phenoxy) is 1. The second-order valence-corrected chi connectivity index (χ2v) is 5.46. The van der Waals surface area contributed by atoms with E-state index in [4.69, 9.17) is 4.74 Å². The molecule has 0 bridgehead atoms. The highest BCUT2D eigenvalue weighted by molar-refractivity contribution is 5.56. The highest BCUT2D eigenvalue weighted by Crippen LogP contribution is 2.25. The van der Waals surface area contributed by atoms with Gasteiger partial charge in [-0.25, -0.2) is 0 Å². The molecule has 0 saturated carbocycles. The van der Waals surface area contributed by atoms with Gasteiger partial charge in [-0.05, 0) is 76.3 Å². The molecule has 0 unspecified atom stereocenters. The minimum atomic E-state index is -0.397. The van der Waals surface area contributed by atoms with Crippen LogP contribution in [-0.4, -0.2) is 12.7 Å². The Morgan fingerprint density at radius 2 is 1.17 bits per heavy atom. The van der Waals surface area contributed by atoms with Crippen LogP contribution in [0.3, 0.4) is 0 Å². The fourth-order valence-electron chi connectivity index (χ4n) is 1.95. The van der Waals surface area contributed by atoms with Crippen molar-refractivity contribution < 1.29 is 4.74 Å². The molecule has 0 amide bonds. The Bertz CT molecular complexity index is 496. The van der Waals surface area contributed by atoms with E-state index in [1.54, 1.807) is 7.11 Å². The monoisotopic (exact) mass is 244 g/mol. The summed E-state index contributed by atoms with van der Waals surface area (Å²) in [5, 5.41) is 0. The molecule has 0 fully saturated rings. The van der Waals surface area contributed by atoms with Crippen molar-refractivity contribution in [3.63, 3.8) is 0 Å². The first-order chi connectivity index (χ1) is 8.21. The summed E-state index contributed by atoms with van der Waals surface area (Å²) in [5.74, 6) is 6.51. The fraction of sp³-hybridized carbons (Fsp3) is 0.529. The molecule has 1 aromatic rings. The third-order valence-electron chi connectivity index (χ3n) is 4.00. The Kier molecular flexibility index (Phi) is 4.24. The smallest absolute Gasteiger partial charge is 0.123 e. The molecule has 1 heteroatoms. The van der Waals surface area contributed by atoms with Crippen LogP contribution in [0.15, 0.2) is 0 Å². The van der Waals surface area contributed by atoms with Crippen LogP contribution < -0.4 is 0 Å². The van der Waals surface area contributed by atoms with Crippen molar-refractivity contribution >= 4 is 0 Å². The van der Waals surface area contributed by atoms with Crippen molar-refractivity contribution in [1.82, 2.24) is 0 Å².